The first-order chi connectivity index (χ1) is 12.1. The number of hydrogen-bond acceptors (Lipinski definition) is 6. The monoisotopic (exact) mass is 374 g/mol. The minimum atomic E-state index is -0.180. The molecule has 1 aromatic carbocycles. The number of rotatable bonds is 6. The number of aromatic nitrogens is 3. The van der Waals surface area contributed by atoms with Crippen LogP contribution in [0, 0.1) is 6.92 Å². The molecule has 1 N–H and O–H groups in total. The highest BCUT2D eigenvalue weighted by molar-refractivity contribution is 7.99. The lowest BCUT2D eigenvalue weighted by Gasteiger charge is -2.07. The van der Waals surface area contributed by atoms with Crippen LogP contribution in [0.4, 0.5) is 5.69 Å². The Labute approximate surface area is 153 Å². The summed E-state index contributed by atoms with van der Waals surface area (Å²) in [5, 5.41) is 8.00. The molecule has 6 nitrogen and oxygen atoms in total. The molecule has 3 rings (SSSR count). The van der Waals surface area contributed by atoms with Crippen LogP contribution < -0.4 is 10.9 Å². The molecule has 1 amide bonds. The van der Waals surface area contributed by atoms with Gasteiger partial charge in [-0.05, 0) is 25.0 Å². The first kappa shape index (κ1) is 17.6. The number of nitrogens with one attached hydrogen (secondary N) is 1. The maximum atomic E-state index is 12.1. The Balaban J connectivity index is 1.60. The minimum Gasteiger partial charge on any atom is -0.325 e. The van der Waals surface area contributed by atoms with E-state index in [-0.39, 0.29) is 11.5 Å². The van der Waals surface area contributed by atoms with Gasteiger partial charge in [-0.2, -0.15) is 9.61 Å². The van der Waals surface area contributed by atoms with Gasteiger partial charge < -0.3 is 5.32 Å². The van der Waals surface area contributed by atoms with Gasteiger partial charge in [-0.15, -0.1) is 11.8 Å². The number of carbonyl (C=O) groups excluding carboxylic acids is 1. The van der Waals surface area contributed by atoms with E-state index < -0.39 is 0 Å². The zero-order valence-corrected chi connectivity index (χ0v) is 15.6. The van der Waals surface area contributed by atoms with Crippen molar-refractivity contribution < 1.29 is 4.79 Å². The lowest BCUT2D eigenvalue weighted by Crippen LogP contribution is -2.16. The second-order valence-corrected chi connectivity index (χ2v) is 7.51. The van der Waals surface area contributed by atoms with Crippen LogP contribution >= 0.6 is 23.1 Å². The van der Waals surface area contributed by atoms with Crippen LogP contribution in [0.1, 0.15) is 23.2 Å². The normalized spacial score (nSPS) is 11.0. The van der Waals surface area contributed by atoms with E-state index in [4.69, 9.17) is 0 Å². The van der Waals surface area contributed by atoms with Gasteiger partial charge in [0.2, 0.25) is 10.9 Å². The van der Waals surface area contributed by atoms with Gasteiger partial charge in [-0.25, -0.2) is 4.98 Å². The number of anilines is 1. The summed E-state index contributed by atoms with van der Waals surface area (Å²) in [5.41, 5.74) is 2.34. The van der Waals surface area contributed by atoms with Crippen LogP contribution in [0.5, 0.6) is 0 Å². The number of hydrogen-bond donors (Lipinski definition) is 1. The van der Waals surface area contributed by atoms with Crippen LogP contribution in [0.2, 0.25) is 0 Å². The molecule has 0 unspecified atom stereocenters. The average Bonchev–Trinajstić information content (AvgIpc) is 3.01. The summed E-state index contributed by atoms with van der Waals surface area (Å²) in [7, 11) is 0. The SMILES string of the molecule is CCc1nn2c(=O)cc(CSCC(=O)Nc3ccccc3C)nc2s1. The Morgan fingerprint density at radius 1 is 1.36 bits per heavy atom. The molecule has 25 heavy (non-hydrogen) atoms. The van der Waals surface area contributed by atoms with Gasteiger partial charge in [-0.3, -0.25) is 9.59 Å². The molecule has 0 bridgehead atoms. The van der Waals surface area contributed by atoms with Crippen LogP contribution in [-0.2, 0) is 17.0 Å². The molecule has 0 saturated heterocycles. The van der Waals surface area contributed by atoms with Crippen LogP contribution in [0.25, 0.3) is 4.96 Å². The molecule has 130 valence electrons. The Kier molecular flexibility index (Phi) is 5.50. The van der Waals surface area contributed by atoms with Crippen molar-refractivity contribution in [3.8, 4) is 0 Å². The molecule has 0 aliphatic carbocycles. The third-order valence-electron chi connectivity index (χ3n) is 3.54. The molecule has 0 spiro atoms. The third-order valence-corrected chi connectivity index (χ3v) is 5.56. The van der Waals surface area contributed by atoms with Gasteiger partial charge in [0, 0.05) is 17.5 Å². The van der Waals surface area contributed by atoms with Gasteiger partial charge >= 0.3 is 0 Å². The number of para-hydroxylation sites is 1. The van der Waals surface area contributed by atoms with E-state index in [1.165, 1.54) is 33.7 Å². The number of aryl methyl sites for hydroxylation is 2. The van der Waals surface area contributed by atoms with Gasteiger partial charge in [0.15, 0.2) is 0 Å². The number of thioether (sulfide) groups is 1. The van der Waals surface area contributed by atoms with Crippen molar-refractivity contribution >= 4 is 39.7 Å². The van der Waals surface area contributed by atoms with Gasteiger partial charge in [0.1, 0.15) is 5.01 Å². The lowest BCUT2D eigenvalue weighted by atomic mass is 10.2. The van der Waals surface area contributed by atoms with Gasteiger partial charge in [-0.1, -0.05) is 36.5 Å². The van der Waals surface area contributed by atoms with Crippen LogP contribution in [-0.4, -0.2) is 26.3 Å². The van der Waals surface area contributed by atoms with E-state index in [1.807, 2.05) is 38.1 Å². The fourth-order valence-corrected chi connectivity index (χ4v) is 3.83. The highest BCUT2D eigenvalue weighted by Gasteiger charge is 2.09. The number of nitrogens with zero attached hydrogens (tertiary/aromatic N) is 3. The molecule has 0 aliphatic rings. The van der Waals surface area contributed by atoms with Crippen molar-refractivity contribution in [2.24, 2.45) is 0 Å². The third kappa shape index (κ3) is 4.26. The predicted molar refractivity (Wildman–Crippen MR) is 102 cm³/mol. The molecule has 0 aliphatic heterocycles. The Hall–Kier alpha value is -2.19. The molecule has 0 saturated carbocycles. The summed E-state index contributed by atoms with van der Waals surface area (Å²) >= 11 is 2.85. The van der Waals surface area contributed by atoms with Crippen molar-refractivity contribution in [2.75, 3.05) is 11.1 Å². The molecule has 0 radical (unpaired) electrons. The maximum absolute atomic E-state index is 12.1. The van der Waals surface area contributed by atoms with Crippen molar-refractivity contribution in [1.82, 2.24) is 14.6 Å². The molecular weight excluding hydrogens is 356 g/mol. The number of amides is 1. The van der Waals surface area contributed by atoms with Gasteiger partial charge in [0.05, 0.1) is 11.4 Å². The Morgan fingerprint density at radius 2 is 2.16 bits per heavy atom. The smallest absolute Gasteiger partial charge is 0.275 e. The van der Waals surface area contributed by atoms with E-state index in [9.17, 15) is 9.59 Å². The van der Waals surface area contributed by atoms with E-state index in [0.29, 0.717) is 22.2 Å². The lowest BCUT2D eigenvalue weighted by molar-refractivity contribution is -0.113. The van der Waals surface area contributed by atoms with Crippen LogP contribution in [0.3, 0.4) is 0 Å². The Morgan fingerprint density at radius 3 is 2.92 bits per heavy atom. The minimum absolute atomic E-state index is 0.0665. The zero-order chi connectivity index (χ0) is 17.8. The fourth-order valence-electron chi connectivity index (χ4n) is 2.26. The zero-order valence-electron chi connectivity index (χ0n) is 14.0. The summed E-state index contributed by atoms with van der Waals surface area (Å²) in [6, 6.07) is 9.14. The summed E-state index contributed by atoms with van der Waals surface area (Å²) in [4.78, 5) is 29.2. The fraction of sp³-hybridized carbons (Fsp3) is 0.294. The summed E-state index contributed by atoms with van der Waals surface area (Å²) in [6.07, 6.45) is 0.774. The van der Waals surface area contributed by atoms with Crippen molar-refractivity contribution in [2.45, 2.75) is 26.0 Å². The second-order valence-electron chi connectivity index (χ2n) is 5.49. The Bertz CT molecular complexity index is 965. The second kappa shape index (κ2) is 7.79. The van der Waals surface area contributed by atoms with E-state index in [1.54, 1.807) is 0 Å². The van der Waals surface area contributed by atoms with Crippen molar-refractivity contribution in [3.63, 3.8) is 0 Å². The molecule has 3 aromatic rings. The summed E-state index contributed by atoms with van der Waals surface area (Å²) < 4.78 is 1.34. The average molecular weight is 374 g/mol. The maximum Gasteiger partial charge on any atom is 0.275 e. The van der Waals surface area contributed by atoms with E-state index in [2.05, 4.69) is 15.4 Å². The molecular formula is C17H18N4O2S2. The topological polar surface area (TPSA) is 76.4 Å². The largest absolute Gasteiger partial charge is 0.325 e. The standard InChI is InChI=1S/C17H18N4O2S2/c1-3-15-20-21-16(23)8-12(18-17(21)25-15)9-24-10-14(22)19-13-7-5-4-6-11(13)2/h4-8H,3,9-10H2,1-2H3,(H,19,22). The summed E-state index contributed by atoms with van der Waals surface area (Å²) in [5.74, 6) is 0.744. The highest BCUT2D eigenvalue weighted by Crippen LogP contribution is 2.16. The molecule has 2 aromatic heterocycles. The predicted octanol–water partition coefficient (Wildman–Crippen LogP) is 2.89. The van der Waals surface area contributed by atoms with Crippen molar-refractivity contribution in [1.29, 1.82) is 0 Å². The van der Waals surface area contributed by atoms with E-state index in [0.717, 1.165) is 22.7 Å². The molecule has 0 atom stereocenters. The number of carbonyl (C=O) groups is 1. The quantitative estimate of drug-likeness (QED) is 0.718. The van der Waals surface area contributed by atoms with Gasteiger partial charge in [0.25, 0.3) is 5.56 Å². The molecule has 0 fully saturated rings. The van der Waals surface area contributed by atoms with Crippen LogP contribution in [0.15, 0.2) is 35.1 Å². The highest BCUT2D eigenvalue weighted by atomic mass is 32.2. The first-order valence-electron chi connectivity index (χ1n) is 7.88. The molecule has 2 heterocycles. The van der Waals surface area contributed by atoms with E-state index >= 15 is 0 Å². The first-order valence-corrected chi connectivity index (χ1v) is 9.86. The molecule has 8 heteroatoms. The number of benzene rings is 1. The number of fused-ring (bicyclic) bond motifs is 1. The van der Waals surface area contributed by atoms with Crippen molar-refractivity contribution in [3.05, 3.63) is 57.0 Å². The summed E-state index contributed by atoms with van der Waals surface area (Å²) in [6.45, 7) is 3.95.